The zero-order chi connectivity index (χ0) is 24.6. The van der Waals surface area contributed by atoms with Crippen LogP contribution >= 0.6 is 0 Å². The van der Waals surface area contributed by atoms with Gasteiger partial charge < -0.3 is 4.74 Å². The number of ether oxygens (including phenoxy) is 1. The van der Waals surface area contributed by atoms with Gasteiger partial charge in [-0.3, -0.25) is 19.2 Å². The smallest absolute Gasteiger partial charge is 0.338 e. The van der Waals surface area contributed by atoms with Gasteiger partial charge in [-0.15, -0.1) is 0 Å². The molecule has 1 heterocycles. The maximum Gasteiger partial charge on any atom is 0.338 e. The molecule has 0 aromatic heterocycles. The topological polar surface area (TPSA) is 97.8 Å². The van der Waals surface area contributed by atoms with E-state index in [1.54, 1.807) is 24.3 Å². The van der Waals surface area contributed by atoms with Crippen LogP contribution in [0.2, 0.25) is 0 Å². The summed E-state index contributed by atoms with van der Waals surface area (Å²) < 4.78 is 5.32. The number of amides is 2. The Kier molecular flexibility index (Phi) is 5.94. The van der Waals surface area contributed by atoms with Crippen LogP contribution in [0.3, 0.4) is 0 Å². The molecule has 7 heteroatoms. The molecule has 7 nitrogen and oxygen atoms in total. The first-order valence-electron chi connectivity index (χ1n) is 10.6. The Morgan fingerprint density at radius 2 is 1.32 bits per heavy atom. The fourth-order valence-corrected chi connectivity index (χ4v) is 3.68. The minimum Gasteiger partial charge on any atom is -0.451 e. The first-order chi connectivity index (χ1) is 16.2. The monoisotopic (exact) mass is 455 g/mol. The van der Waals surface area contributed by atoms with Gasteiger partial charge >= 0.3 is 5.97 Å². The second kappa shape index (κ2) is 8.86. The van der Waals surface area contributed by atoms with Crippen LogP contribution in [0.5, 0.6) is 0 Å². The van der Waals surface area contributed by atoms with Gasteiger partial charge in [-0.25, -0.2) is 9.69 Å². The van der Waals surface area contributed by atoms with E-state index in [0.29, 0.717) is 16.8 Å². The van der Waals surface area contributed by atoms with Gasteiger partial charge in [0.25, 0.3) is 11.8 Å². The fourth-order valence-electron chi connectivity index (χ4n) is 3.68. The van der Waals surface area contributed by atoms with Crippen molar-refractivity contribution in [2.75, 3.05) is 4.90 Å². The van der Waals surface area contributed by atoms with E-state index < -0.39 is 23.9 Å². The number of esters is 1. The summed E-state index contributed by atoms with van der Waals surface area (Å²) in [5.74, 6) is -2.37. The second-order valence-electron chi connectivity index (χ2n) is 8.09. The molecule has 0 aliphatic carbocycles. The largest absolute Gasteiger partial charge is 0.451 e. The fraction of sp³-hybridized carbons (Fsp3) is 0.148. The molecule has 3 aromatic rings. The van der Waals surface area contributed by atoms with Crippen molar-refractivity contribution >= 4 is 35.0 Å². The third kappa shape index (κ3) is 4.15. The molecule has 0 fully saturated rings. The third-order valence-corrected chi connectivity index (χ3v) is 5.64. The maximum atomic E-state index is 13.0. The van der Waals surface area contributed by atoms with Crippen LogP contribution in [0.1, 0.15) is 71.2 Å². The van der Waals surface area contributed by atoms with Crippen LogP contribution in [-0.4, -0.2) is 35.5 Å². The first kappa shape index (κ1) is 22.8. The van der Waals surface area contributed by atoms with Crippen molar-refractivity contribution in [3.8, 4) is 0 Å². The minimum atomic E-state index is -1.03. The lowest BCUT2D eigenvalue weighted by Gasteiger charge is -2.14. The average Bonchev–Trinajstić information content (AvgIpc) is 3.08. The molecule has 0 saturated carbocycles. The van der Waals surface area contributed by atoms with Crippen LogP contribution in [0.4, 0.5) is 5.69 Å². The number of rotatable bonds is 6. The number of carbonyl (C=O) groups excluding carboxylic acids is 5. The van der Waals surface area contributed by atoms with E-state index in [-0.39, 0.29) is 28.3 Å². The van der Waals surface area contributed by atoms with Gasteiger partial charge in [0.05, 0.1) is 22.4 Å². The highest BCUT2D eigenvalue weighted by Gasteiger charge is 2.37. The second-order valence-corrected chi connectivity index (χ2v) is 8.09. The van der Waals surface area contributed by atoms with Gasteiger partial charge in [0.15, 0.2) is 11.9 Å². The van der Waals surface area contributed by atoms with E-state index in [2.05, 4.69) is 0 Å². The van der Waals surface area contributed by atoms with Crippen molar-refractivity contribution in [3.63, 3.8) is 0 Å². The van der Waals surface area contributed by atoms with Gasteiger partial charge in [0.1, 0.15) is 0 Å². The molecule has 0 saturated heterocycles. The van der Waals surface area contributed by atoms with Crippen molar-refractivity contribution < 1.29 is 28.7 Å². The number of nitrogens with zero attached hydrogens (tertiary/aromatic N) is 1. The Labute approximate surface area is 196 Å². The molecule has 1 unspecified atom stereocenters. The van der Waals surface area contributed by atoms with Crippen molar-refractivity contribution in [3.05, 3.63) is 100 Å². The molecule has 0 bridgehead atoms. The Hall–Kier alpha value is -4.39. The van der Waals surface area contributed by atoms with Crippen molar-refractivity contribution in [1.82, 2.24) is 0 Å². The molecule has 0 spiro atoms. The number of benzene rings is 3. The average molecular weight is 455 g/mol. The van der Waals surface area contributed by atoms with Crippen LogP contribution in [0, 0.1) is 6.92 Å². The summed E-state index contributed by atoms with van der Waals surface area (Å²) in [5.41, 5.74) is 2.47. The number of aryl methyl sites for hydroxylation is 1. The highest BCUT2D eigenvalue weighted by atomic mass is 16.5. The molecular formula is C27H21NO6. The summed E-state index contributed by atoms with van der Waals surface area (Å²) in [6.45, 7) is 4.81. The lowest BCUT2D eigenvalue weighted by Crippen LogP contribution is -2.29. The molecule has 1 aliphatic heterocycles. The van der Waals surface area contributed by atoms with E-state index in [1.807, 2.05) is 6.92 Å². The zero-order valence-electron chi connectivity index (χ0n) is 18.8. The predicted molar refractivity (Wildman–Crippen MR) is 124 cm³/mol. The van der Waals surface area contributed by atoms with E-state index in [0.717, 1.165) is 10.5 Å². The highest BCUT2D eigenvalue weighted by molar-refractivity contribution is 6.34. The van der Waals surface area contributed by atoms with Gasteiger partial charge in [-0.2, -0.15) is 0 Å². The van der Waals surface area contributed by atoms with Crippen LogP contribution < -0.4 is 4.90 Å². The molecule has 1 aliphatic rings. The lowest BCUT2D eigenvalue weighted by atomic mass is 10.0. The molecular weight excluding hydrogens is 434 g/mol. The summed E-state index contributed by atoms with van der Waals surface area (Å²) >= 11 is 0. The summed E-state index contributed by atoms with van der Waals surface area (Å²) in [7, 11) is 0. The molecule has 3 aromatic carbocycles. The highest BCUT2D eigenvalue weighted by Crippen LogP contribution is 2.29. The summed E-state index contributed by atoms with van der Waals surface area (Å²) in [6.07, 6.45) is -1.03. The molecule has 170 valence electrons. The van der Waals surface area contributed by atoms with Crippen molar-refractivity contribution in [2.45, 2.75) is 26.9 Å². The van der Waals surface area contributed by atoms with Gasteiger partial charge in [0.2, 0.25) is 5.78 Å². The molecule has 1 atom stereocenters. The normalized spacial score (nSPS) is 13.4. The van der Waals surface area contributed by atoms with Crippen molar-refractivity contribution in [1.29, 1.82) is 0 Å². The number of carbonyl (C=O) groups is 5. The number of hydrogen-bond acceptors (Lipinski definition) is 6. The van der Waals surface area contributed by atoms with E-state index >= 15 is 0 Å². The van der Waals surface area contributed by atoms with Gasteiger partial charge in [0, 0.05) is 11.1 Å². The summed E-state index contributed by atoms with van der Waals surface area (Å²) in [4.78, 5) is 63.5. The zero-order valence-corrected chi connectivity index (χ0v) is 18.8. The number of hydrogen-bond donors (Lipinski definition) is 0. The van der Waals surface area contributed by atoms with Gasteiger partial charge in [-0.1, -0.05) is 29.8 Å². The maximum absolute atomic E-state index is 13.0. The SMILES string of the molecule is CC(=O)c1ccc(N2C(=O)c3ccc(C(=O)OC(C)C(=O)c4ccc(C)cc4)cc3C2=O)cc1. The molecule has 0 radical (unpaired) electrons. The Morgan fingerprint density at radius 3 is 1.94 bits per heavy atom. The first-order valence-corrected chi connectivity index (χ1v) is 10.6. The van der Waals surface area contributed by atoms with Crippen LogP contribution in [0.15, 0.2) is 66.7 Å². The molecule has 0 N–H and O–H groups in total. The van der Waals surface area contributed by atoms with Gasteiger partial charge in [-0.05, 0) is 63.2 Å². The minimum absolute atomic E-state index is 0.0530. The number of fused-ring (bicyclic) bond motifs is 1. The Morgan fingerprint density at radius 1 is 0.765 bits per heavy atom. The van der Waals surface area contributed by atoms with Crippen LogP contribution in [0.25, 0.3) is 0 Å². The van der Waals surface area contributed by atoms with E-state index in [1.165, 1.54) is 56.3 Å². The standard InChI is InChI=1S/C27H21NO6/c1-15-4-6-19(7-5-15)24(30)17(3)34-27(33)20-10-13-22-23(14-20)26(32)28(25(22)31)21-11-8-18(9-12-21)16(2)29/h4-14,17H,1-3H3. The number of Topliss-reactive ketones (excluding diaryl/α,β-unsaturated/α-hetero) is 2. The number of anilines is 1. The Balaban J connectivity index is 1.53. The van der Waals surface area contributed by atoms with E-state index in [9.17, 15) is 24.0 Å². The van der Waals surface area contributed by atoms with Crippen LogP contribution in [-0.2, 0) is 4.74 Å². The van der Waals surface area contributed by atoms with Crippen molar-refractivity contribution in [2.24, 2.45) is 0 Å². The molecule has 2 amide bonds. The lowest BCUT2D eigenvalue weighted by molar-refractivity contribution is 0.0318. The number of ketones is 2. The molecule has 4 rings (SSSR count). The predicted octanol–water partition coefficient (Wildman–Crippen LogP) is 4.43. The summed E-state index contributed by atoms with van der Waals surface area (Å²) in [6, 6.07) is 17.1. The number of imide groups is 1. The molecule has 34 heavy (non-hydrogen) atoms. The van der Waals surface area contributed by atoms with E-state index in [4.69, 9.17) is 4.74 Å². The summed E-state index contributed by atoms with van der Waals surface area (Å²) in [5, 5.41) is 0. The Bertz CT molecular complexity index is 1340. The third-order valence-electron chi connectivity index (χ3n) is 5.64. The quantitative estimate of drug-likeness (QED) is 0.310.